The van der Waals surface area contributed by atoms with E-state index in [1.807, 2.05) is 49.4 Å². The Labute approximate surface area is 254 Å². The van der Waals surface area contributed by atoms with Crippen LogP contribution in [0.1, 0.15) is 43.4 Å². The number of nitrogens with zero attached hydrogens (tertiary/aromatic N) is 1. The second kappa shape index (κ2) is 17.0. The number of ether oxygens (including phenoxy) is 1. The predicted octanol–water partition coefficient (Wildman–Crippen LogP) is 4.75. The summed E-state index contributed by atoms with van der Waals surface area (Å²) in [5.74, 6) is -0.407. The molecule has 10 heteroatoms. The molecule has 1 atom stereocenters. The zero-order valence-electron chi connectivity index (χ0n) is 24.2. The van der Waals surface area contributed by atoms with E-state index >= 15 is 0 Å². The normalized spacial score (nSPS) is 12.1. The molecule has 0 aliphatic carbocycles. The molecule has 0 aliphatic rings. The number of benzene rings is 3. The third-order valence-electron chi connectivity index (χ3n) is 6.70. The fraction of sp³-hybridized carbons (Fsp3) is 0.375. The van der Waals surface area contributed by atoms with Gasteiger partial charge in [-0.25, -0.2) is 13.1 Å². The first-order valence-electron chi connectivity index (χ1n) is 14.3. The summed E-state index contributed by atoms with van der Waals surface area (Å²) in [7, 11) is -3.56. The van der Waals surface area contributed by atoms with Crippen molar-refractivity contribution >= 4 is 33.4 Å². The molecule has 0 radical (unpaired) electrons. The van der Waals surface area contributed by atoms with E-state index in [9.17, 15) is 18.0 Å². The number of amides is 2. The zero-order chi connectivity index (χ0) is 30.4. The smallest absolute Gasteiger partial charge is 0.243 e. The Balaban J connectivity index is 1.83. The number of hydrogen-bond donors (Lipinski definition) is 2. The maximum atomic E-state index is 13.8. The first-order chi connectivity index (χ1) is 20.2. The van der Waals surface area contributed by atoms with Gasteiger partial charge >= 0.3 is 0 Å². The quantitative estimate of drug-likeness (QED) is 0.214. The van der Waals surface area contributed by atoms with E-state index in [0.29, 0.717) is 50.6 Å². The number of aryl methyl sites for hydroxylation is 1. The Bertz CT molecular complexity index is 1370. The number of hydrogen-bond acceptors (Lipinski definition) is 5. The summed E-state index contributed by atoms with van der Waals surface area (Å²) < 4.78 is 32.4. The molecule has 226 valence electrons. The highest BCUT2D eigenvalue weighted by atomic mass is 35.5. The molecule has 2 amide bonds. The Kier molecular flexibility index (Phi) is 13.5. The maximum Gasteiger partial charge on any atom is 0.243 e. The molecule has 2 N–H and O–H groups in total. The van der Waals surface area contributed by atoms with Crippen LogP contribution < -0.4 is 10.0 Å². The van der Waals surface area contributed by atoms with Crippen LogP contribution in [0.15, 0.2) is 83.8 Å². The van der Waals surface area contributed by atoms with Crippen molar-refractivity contribution < 1.29 is 22.7 Å². The van der Waals surface area contributed by atoms with Crippen LogP contribution in [-0.2, 0) is 43.7 Å². The fourth-order valence-corrected chi connectivity index (χ4v) is 5.66. The highest BCUT2D eigenvalue weighted by Crippen LogP contribution is 2.19. The lowest BCUT2D eigenvalue weighted by molar-refractivity contribution is -0.141. The minimum absolute atomic E-state index is 0.149. The van der Waals surface area contributed by atoms with Crippen molar-refractivity contribution in [3.8, 4) is 0 Å². The van der Waals surface area contributed by atoms with Crippen LogP contribution in [0.5, 0.6) is 0 Å². The molecule has 0 spiro atoms. The molecule has 3 aromatic rings. The second-order valence-corrected chi connectivity index (χ2v) is 12.0. The SMILES string of the molecule is CCNS(=O)(=O)c1ccc(CCC(=O)N(Cc2ccc(Cl)cc2)C(Cc2ccccc2)C(=O)NCCCOCC)cc1. The predicted molar refractivity (Wildman–Crippen MR) is 166 cm³/mol. The van der Waals surface area contributed by atoms with Gasteiger partial charge in [-0.15, -0.1) is 0 Å². The third-order valence-corrected chi connectivity index (χ3v) is 8.52. The summed E-state index contributed by atoms with van der Waals surface area (Å²) in [4.78, 5) is 29.3. The minimum atomic E-state index is -3.56. The Morgan fingerprint density at radius 3 is 2.21 bits per heavy atom. The van der Waals surface area contributed by atoms with Gasteiger partial charge in [0, 0.05) is 50.7 Å². The zero-order valence-corrected chi connectivity index (χ0v) is 25.8. The molecule has 3 rings (SSSR count). The van der Waals surface area contributed by atoms with Crippen LogP contribution in [0.2, 0.25) is 5.02 Å². The van der Waals surface area contributed by atoms with E-state index in [1.54, 1.807) is 36.1 Å². The molecule has 42 heavy (non-hydrogen) atoms. The van der Waals surface area contributed by atoms with Gasteiger partial charge in [-0.3, -0.25) is 9.59 Å². The summed E-state index contributed by atoms with van der Waals surface area (Å²) in [5.41, 5.74) is 2.62. The monoisotopic (exact) mass is 613 g/mol. The first kappa shape index (κ1) is 33.3. The number of nitrogens with one attached hydrogen (secondary N) is 2. The topological polar surface area (TPSA) is 105 Å². The van der Waals surface area contributed by atoms with Gasteiger partial charge in [0.1, 0.15) is 6.04 Å². The Morgan fingerprint density at radius 2 is 1.57 bits per heavy atom. The van der Waals surface area contributed by atoms with E-state index in [0.717, 1.165) is 16.7 Å². The molecule has 0 aliphatic heterocycles. The van der Waals surface area contributed by atoms with Gasteiger partial charge in [0.25, 0.3) is 0 Å². The summed E-state index contributed by atoms with van der Waals surface area (Å²) in [5, 5.41) is 3.59. The van der Waals surface area contributed by atoms with Crippen LogP contribution in [0, 0.1) is 0 Å². The lowest BCUT2D eigenvalue weighted by Gasteiger charge is -2.32. The minimum Gasteiger partial charge on any atom is -0.382 e. The fourth-order valence-electron chi connectivity index (χ4n) is 4.49. The van der Waals surface area contributed by atoms with Crippen molar-refractivity contribution in [2.75, 3.05) is 26.3 Å². The van der Waals surface area contributed by atoms with Crippen molar-refractivity contribution in [2.45, 2.75) is 57.0 Å². The van der Waals surface area contributed by atoms with Gasteiger partial charge in [0.15, 0.2) is 0 Å². The van der Waals surface area contributed by atoms with Gasteiger partial charge in [-0.1, -0.05) is 73.1 Å². The van der Waals surface area contributed by atoms with E-state index in [-0.39, 0.29) is 29.7 Å². The first-order valence-corrected chi connectivity index (χ1v) is 16.1. The van der Waals surface area contributed by atoms with Crippen molar-refractivity contribution in [2.24, 2.45) is 0 Å². The number of halogens is 1. The number of sulfonamides is 1. The van der Waals surface area contributed by atoms with Crippen LogP contribution in [-0.4, -0.2) is 57.5 Å². The molecular formula is C32H40ClN3O5S. The molecule has 0 aromatic heterocycles. The molecule has 1 unspecified atom stereocenters. The van der Waals surface area contributed by atoms with Crippen LogP contribution in [0.25, 0.3) is 0 Å². The summed E-state index contributed by atoms with van der Waals surface area (Å²) in [6.45, 7) is 5.78. The summed E-state index contributed by atoms with van der Waals surface area (Å²) >= 11 is 6.10. The Morgan fingerprint density at radius 1 is 0.905 bits per heavy atom. The van der Waals surface area contributed by atoms with Gasteiger partial charge in [-0.05, 0) is 60.7 Å². The molecule has 0 saturated heterocycles. The van der Waals surface area contributed by atoms with Crippen LogP contribution in [0.3, 0.4) is 0 Å². The van der Waals surface area contributed by atoms with Gasteiger partial charge in [0.05, 0.1) is 4.90 Å². The van der Waals surface area contributed by atoms with Gasteiger partial charge in [-0.2, -0.15) is 0 Å². The molecule has 3 aromatic carbocycles. The van der Waals surface area contributed by atoms with Gasteiger partial charge in [0.2, 0.25) is 21.8 Å². The summed E-state index contributed by atoms with van der Waals surface area (Å²) in [6, 6.07) is 22.6. The number of carbonyl (C=O) groups excluding carboxylic acids is 2. The van der Waals surface area contributed by atoms with E-state index in [2.05, 4.69) is 10.0 Å². The number of carbonyl (C=O) groups is 2. The third kappa shape index (κ3) is 10.5. The Hall–Kier alpha value is -3.24. The van der Waals surface area contributed by atoms with Crippen molar-refractivity contribution in [3.63, 3.8) is 0 Å². The van der Waals surface area contributed by atoms with Crippen LogP contribution in [0.4, 0.5) is 0 Å². The molecule has 0 saturated carbocycles. The van der Waals surface area contributed by atoms with E-state index in [1.165, 1.54) is 12.1 Å². The standard InChI is InChI=1S/C32H40ClN3O5S/c1-3-35-42(39,40)29-18-13-25(14-19-29)15-20-31(37)36(24-27-11-16-28(33)17-12-27)30(23-26-9-6-5-7-10-26)32(38)34-21-8-22-41-4-2/h5-7,9-14,16-19,30,35H,3-4,8,15,20-24H2,1-2H3,(H,34,38). The van der Waals surface area contributed by atoms with Crippen molar-refractivity contribution in [1.29, 1.82) is 0 Å². The molecule has 8 nitrogen and oxygen atoms in total. The lowest BCUT2D eigenvalue weighted by Crippen LogP contribution is -2.50. The second-order valence-electron chi connectivity index (χ2n) is 9.84. The van der Waals surface area contributed by atoms with Crippen LogP contribution >= 0.6 is 11.6 Å². The molecule has 0 fully saturated rings. The van der Waals surface area contributed by atoms with Crippen molar-refractivity contribution in [3.05, 3.63) is 101 Å². The summed E-state index contributed by atoms with van der Waals surface area (Å²) in [6.07, 6.45) is 1.57. The average molecular weight is 614 g/mol. The highest BCUT2D eigenvalue weighted by Gasteiger charge is 2.30. The molecule has 0 heterocycles. The molecule has 0 bridgehead atoms. The average Bonchev–Trinajstić information content (AvgIpc) is 2.99. The largest absolute Gasteiger partial charge is 0.382 e. The lowest BCUT2D eigenvalue weighted by atomic mass is 10.0. The number of rotatable bonds is 17. The maximum absolute atomic E-state index is 13.8. The molecular weight excluding hydrogens is 574 g/mol. The van der Waals surface area contributed by atoms with E-state index in [4.69, 9.17) is 16.3 Å². The van der Waals surface area contributed by atoms with Crippen molar-refractivity contribution in [1.82, 2.24) is 14.9 Å². The van der Waals surface area contributed by atoms with E-state index < -0.39 is 16.1 Å². The van der Waals surface area contributed by atoms with Gasteiger partial charge < -0.3 is 15.0 Å². The highest BCUT2D eigenvalue weighted by molar-refractivity contribution is 7.89.